The molecule has 0 saturated heterocycles. The monoisotopic (exact) mass is 278 g/mol. The summed E-state index contributed by atoms with van der Waals surface area (Å²) >= 11 is 6.10. The number of hydrogen-bond acceptors (Lipinski definition) is 2. The number of ketones is 1. The zero-order valence-electron chi connectivity index (χ0n) is 10.5. The first-order chi connectivity index (χ1) is 9.04. The van der Waals surface area contributed by atoms with Crippen LogP contribution in [-0.4, -0.2) is 12.9 Å². The van der Waals surface area contributed by atoms with Gasteiger partial charge in [0, 0.05) is 11.1 Å². The van der Waals surface area contributed by atoms with Crippen molar-refractivity contribution in [1.29, 1.82) is 0 Å². The Balaban J connectivity index is 2.44. The lowest BCUT2D eigenvalue weighted by Gasteiger charge is -2.07. The fraction of sp³-hybridized carbons (Fsp3) is 0.133. The fourth-order valence-electron chi connectivity index (χ4n) is 1.79. The molecule has 98 valence electrons. The standard InChI is InChI=1S/C15H12ClFO2/c1-9-4-3-5-11(14(9)16)15(18)10-6-7-13(19-2)12(17)8-10/h3-8H,1-2H3. The smallest absolute Gasteiger partial charge is 0.194 e. The van der Waals surface area contributed by atoms with E-state index in [1.165, 1.54) is 19.2 Å². The second kappa shape index (κ2) is 5.41. The molecule has 0 spiro atoms. The number of ether oxygens (including phenoxy) is 1. The van der Waals surface area contributed by atoms with Crippen LogP contribution in [0.15, 0.2) is 36.4 Å². The van der Waals surface area contributed by atoms with Gasteiger partial charge in [0.15, 0.2) is 17.3 Å². The third kappa shape index (κ3) is 2.61. The Bertz CT molecular complexity index is 638. The average Bonchev–Trinajstić information content (AvgIpc) is 2.41. The van der Waals surface area contributed by atoms with Gasteiger partial charge in [0.05, 0.1) is 12.1 Å². The lowest BCUT2D eigenvalue weighted by atomic mass is 10.0. The second-order valence-corrected chi connectivity index (χ2v) is 4.49. The van der Waals surface area contributed by atoms with Crippen LogP contribution in [0.25, 0.3) is 0 Å². The van der Waals surface area contributed by atoms with Crippen molar-refractivity contribution >= 4 is 17.4 Å². The van der Waals surface area contributed by atoms with E-state index in [1.54, 1.807) is 12.1 Å². The van der Waals surface area contributed by atoms with E-state index in [4.69, 9.17) is 16.3 Å². The van der Waals surface area contributed by atoms with Gasteiger partial charge >= 0.3 is 0 Å². The molecule has 0 aliphatic heterocycles. The Morgan fingerprint density at radius 3 is 2.63 bits per heavy atom. The van der Waals surface area contributed by atoms with E-state index >= 15 is 0 Å². The summed E-state index contributed by atoms with van der Waals surface area (Å²) in [6.45, 7) is 1.81. The summed E-state index contributed by atoms with van der Waals surface area (Å²) < 4.78 is 18.4. The van der Waals surface area contributed by atoms with Crippen molar-refractivity contribution in [3.63, 3.8) is 0 Å². The van der Waals surface area contributed by atoms with Crippen molar-refractivity contribution < 1.29 is 13.9 Å². The largest absolute Gasteiger partial charge is 0.494 e. The molecule has 0 unspecified atom stereocenters. The Hall–Kier alpha value is -1.87. The first kappa shape index (κ1) is 13.6. The van der Waals surface area contributed by atoms with E-state index in [0.29, 0.717) is 10.6 Å². The predicted octanol–water partition coefficient (Wildman–Crippen LogP) is 4.03. The Labute approximate surface area is 115 Å². The van der Waals surface area contributed by atoms with Crippen LogP contribution in [0, 0.1) is 12.7 Å². The number of carbonyl (C=O) groups is 1. The molecule has 0 aliphatic carbocycles. The summed E-state index contributed by atoms with van der Waals surface area (Å²) in [7, 11) is 1.37. The van der Waals surface area contributed by atoms with Gasteiger partial charge in [-0.3, -0.25) is 4.79 Å². The maximum absolute atomic E-state index is 13.6. The third-order valence-electron chi connectivity index (χ3n) is 2.85. The Kier molecular flexibility index (Phi) is 3.86. The highest BCUT2D eigenvalue weighted by Crippen LogP contribution is 2.25. The van der Waals surface area contributed by atoms with Gasteiger partial charge in [0.2, 0.25) is 0 Å². The molecular weight excluding hydrogens is 267 g/mol. The molecule has 0 heterocycles. The summed E-state index contributed by atoms with van der Waals surface area (Å²) in [6.07, 6.45) is 0. The molecule has 0 N–H and O–H groups in total. The Morgan fingerprint density at radius 2 is 2.00 bits per heavy atom. The molecule has 0 amide bonds. The summed E-state index contributed by atoms with van der Waals surface area (Å²) in [4.78, 5) is 12.3. The molecule has 0 saturated carbocycles. The van der Waals surface area contributed by atoms with Gasteiger partial charge in [-0.15, -0.1) is 0 Å². The normalized spacial score (nSPS) is 10.3. The number of carbonyl (C=O) groups excluding carboxylic acids is 1. The molecule has 0 atom stereocenters. The van der Waals surface area contributed by atoms with E-state index in [9.17, 15) is 9.18 Å². The minimum absolute atomic E-state index is 0.104. The van der Waals surface area contributed by atoms with E-state index in [-0.39, 0.29) is 17.1 Å². The zero-order valence-corrected chi connectivity index (χ0v) is 11.3. The molecular formula is C15H12ClFO2. The molecule has 0 bridgehead atoms. The first-order valence-corrected chi connectivity index (χ1v) is 6.05. The number of rotatable bonds is 3. The molecule has 2 aromatic rings. The third-order valence-corrected chi connectivity index (χ3v) is 3.35. The van der Waals surface area contributed by atoms with Gasteiger partial charge in [0.1, 0.15) is 0 Å². The second-order valence-electron chi connectivity index (χ2n) is 4.11. The molecule has 0 aromatic heterocycles. The number of aryl methyl sites for hydroxylation is 1. The highest BCUT2D eigenvalue weighted by atomic mass is 35.5. The topological polar surface area (TPSA) is 26.3 Å². The van der Waals surface area contributed by atoms with Crippen LogP contribution >= 0.6 is 11.6 Å². The van der Waals surface area contributed by atoms with E-state index in [2.05, 4.69) is 0 Å². The van der Waals surface area contributed by atoms with Crippen LogP contribution in [0.3, 0.4) is 0 Å². The highest BCUT2D eigenvalue weighted by molar-refractivity contribution is 6.35. The number of methoxy groups -OCH3 is 1. The van der Waals surface area contributed by atoms with Crippen LogP contribution in [0.1, 0.15) is 21.5 Å². The maximum Gasteiger partial charge on any atom is 0.194 e. The van der Waals surface area contributed by atoms with Crippen LogP contribution in [0.4, 0.5) is 4.39 Å². The van der Waals surface area contributed by atoms with Gasteiger partial charge in [0.25, 0.3) is 0 Å². The number of benzene rings is 2. The number of hydrogen-bond donors (Lipinski definition) is 0. The van der Waals surface area contributed by atoms with Crippen LogP contribution < -0.4 is 4.74 Å². The molecule has 0 fully saturated rings. The molecule has 2 nitrogen and oxygen atoms in total. The lowest BCUT2D eigenvalue weighted by molar-refractivity contribution is 0.103. The van der Waals surface area contributed by atoms with Crippen LogP contribution in [0.2, 0.25) is 5.02 Å². The van der Waals surface area contributed by atoms with Crippen molar-refractivity contribution in [1.82, 2.24) is 0 Å². The van der Waals surface area contributed by atoms with Gasteiger partial charge < -0.3 is 4.74 Å². The van der Waals surface area contributed by atoms with Crippen molar-refractivity contribution in [2.75, 3.05) is 7.11 Å². The quantitative estimate of drug-likeness (QED) is 0.793. The summed E-state index contributed by atoms with van der Waals surface area (Å²) in [5.41, 5.74) is 1.42. The summed E-state index contributed by atoms with van der Waals surface area (Å²) in [5.74, 6) is -0.778. The minimum atomic E-state index is -0.572. The predicted molar refractivity (Wildman–Crippen MR) is 72.6 cm³/mol. The fourth-order valence-corrected chi connectivity index (χ4v) is 2.00. The molecule has 19 heavy (non-hydrogen) atoms. The summed E-state index contributed by atoms with van der Waals surface area (Å²) in [6, 6.07) is 9.27. The van der Waals surface area contributed by atoms with Crippen molar-refractivity contribution in [2.45, 2.75) is 6.92 Å². The molecule has 2 rings (SSSR count). The van der Waals surface area contributed by atoms with Crippen molar-refractivity contribution in [2.24, 2.45) is 0 Å². The molecule has 4 heteroatoms. The van der Waals surface area contributed by atoms with Gasteiger partial charge in [-0.05, 0) is 36.8 Å². The SMILES string of the molecule is COc1ccc(C(=O)c2cccc(C)c2Cl)cc1F. The van der Waals surface area contributed by atoms with Gasteiger partial charge in [-0.2, -0.15) is 0 Å². The van der Waals surface area contributed by atoms with E-state index < -0.39 is 5.82 Å². The summed E-state index contributed by atoms with van der Waals surface area (Å²) in [5, 5.41) is 0.392. The van der Waals surface area contributed by atoms with Gasteiger partial charge in [-0.1, -0.05) is 23.7 Å². The van der Waals surface area contributed by atoms with Crippen molar-refractivity contribution in [3.8, 4) is 5.75 Å². The zero-order chi connectivity index (χ0) is 14.0. The highest BCUT2D eigenvalue weighted by Gasteiger charge is 2.15. The van der Waals surface area contributed by atoms with Crippen LogP contribution in [0.5, 0.6) is 5.75 Å². The molecule has 0 aliphatic rings. The van der Waals surface area contributed by atoms with E-state index in [1.807, 2.05) is 13.0 Å². The number of halogens is 2. The van der Waals surface area contributed by atoms with Crippen molar-refractivity contribution in [3.05, 3.63) is 63.9 Å². The minimum Gasteiger partial charge on any atom is -0.494 e. The average molecular weight is 279 g/mol. The van der Waals surface area contributed by atoms with E-state index in [0.717, 1.165) is 11.6 Å². The maximum atomic E-state index is 13.6. The first-order valence-electron chi connectivity index (χ1n) is 5.68. The molecule has 2 aromatic carbocycles. The lowest BCUT2D eigenvalue weighted by Crippen LogP contribution is -2.04. The molecule has 0 radical (unpaired) electrons. The Morgan fingerprint density at radius 1 is 1.26 bits per heavy atom. The van der Waals surface area contributed by atoms with Crippen LogP contribution in [-0.2, 0) is 0 Å². The van der Waals surface area contributed by atoms with Gasteiger partial charge in [-0.25, -0.2) is 4.39 Å².